The summed E-state index contributed by atoms with van der Waals surface area (Å²) in [6.07, 6.45) is 15.9. The van der Waals surface area contributed by atoms with Crippen molar-refractivity contribution < 1.29 is 9.47 Å². The topological polar surface area (TPSA) is 65.6 Å². The average Bonchev–Trinajstić information content (AvgIpc) is 3.77. The van der Waals surface area contributed by atoms with Gasteiger partial charge in [0, 0.05) is 43.6 Å². The van der Waals surface area contributed by atoms with Crippen LogP contribution in [0, 0.1) is 12.8 Å². The highest BCUT2D eigenvalue weighted by Crippen LogP contribution is 2.42. The molecule has 0 radical (unpaired) electrons. The van der Waals surface area contributed by atoms with E-state index in [0.29, 0.717) is 6.04 Å². The molecule has 7 heteroatoms. The zero-order valence-corrected chi connectivity index (χ0v) is 28.9. The minimum atomic E-state index is 0.444. The van der Waals surface area contributed by atoms with Crippen LogP contribution in [-0.2, 0) is 11.8 Å². The summed E-state index contributed by atoms with van der Waals surface area (Å²) in [6, 6.07) is 8.90. The third-order valence-electron chi connectivity index (χ3n) is 8.43. The van der Waals surface area contributed by atoms with E-state index in [-0.39, 0.29) is 0 Å². The van der Waals surface area contributed by atoms with E-state index < -0.39 is 0 Å². The molecule has 242 valence electrons. The summed E-state index contributed by atoms with van der Waals surface area (Å²) in [5.74, 6) is 3.49. The first kappa shape index (κ1) is 35.2. The Hall–Kier alpha value is -3.32. The van der Waals surface area contributed by atoms with Crippen LogP contribution in [0.4, 0.5) is 11.5 Å². The number of methoxy groups -OCH3 is 1. The number of aliphatic imine (C=N–C) groups is 1. The summed E-state index contributed by atoms with van der Waals surface area (Å²) >= 11 is 0. The molecule has 0 amide bonds. The number of benzene rings is 1. The summed E-state index contributed by atoms with van der Waals surface area (Å²) in [4.78, 5) is 5.18. The van der Waals surface area contributed by atoms with Crippen LogP contribution >= 0.6 is 0 Å². The Morgan fingerprint density at radius 2 is 1.89 bits per heavy atom. The Balaban J connectivity index is 0.000000456. The largest absolute Gasteiger partial charge is 0.495 e. The van der Waals surface area contributed by atoms with Gasteiger partial charge in [0.1, 0.15) is 17.4 Å². The summed E-state index contributed by atoms with van der Waals surface area (Å²) in [5.41, 5.74) is 6.89. The van der Waals surface area contributed by atoms with E-state index in [1.807, 2.05) is 37.0 Å². The molecule has 0 bridgehead atoms. The molecule has 1 fully saturated rings. The first-order valence-corrected chi connectivity index (χ1v) is 16.7. The van der Waals surface area contributed by atoms with Gasteiger partial charge in [-0.3, -0.25) is 4.68 Å². The quantitative estimate of drug-likeness (QED) is 0.120. The molecule has 7 nitrogen and oxygen atoms in total. The number of aromatic nitrogens is 3. The van der Waals surface area contributed by atoms with Crippen LogP contribution in [0.5, 0.6) is 5.75 Å². The van der Waals surface area contributed by atoms with Crippen molar-refractivity contribution in [1.29, 1.82) is 0 Å². The Morgan fingerprint density at radius 1 is 1.14 bits per heavy atom. The second-order valence-electron chi connectivity index (χ2n) is 12.3. The van der Waals surface area contributed by atoms with Crippen LogP contribution in [0.2, 0.25) is 0 Å². The lowest BCUT2D eigenvalue weighted by atomic mass is 10.1. The molecule has 44 heavy (non-hydrogen) atoms. The number of hydrogen-bond donors (Lipinski definition) is 1. The molecule has 0 aliphatic heterocycles. The van der Waals surface area contributed by atoms with Crippen molar-refractivity contribution in [2.45, 2.75) is 106 Å². The van der Waals surface area contributed by atoms with Crippen molar-refractivity contribution in [3.05, 3.63) is 53.4 Å². The van der Waals surface area contributed by atoms with Crippen LogP contribution in [0.3, 0.4) is 0 Å². The lowest BCUT2D eigenvalue weighted by Gasteiger charge is -2.19. The van der Waals surface area contributed by atoms with Crippen molar-refractivity contribution in [2.75, 3.05) is 25.6 Å². The van der Waals surface area contributed by atoms with Crippen LogP contribution in [0.1, 0.15) is 110 Å². The van der Waals surface area contributed by atoms with Crippen molar-refractivity contribution in [3.8, 4) is 17.0 Å². The van der Waals surface area contributed by atoms with E-state index >= 15 is 0 Å². The van der Waals surface area contributed by atoms with Crippen molar-refractivity contribution in [1.82, 2.24) is 14.3 Å². The van der Waals surface area contributed by atoms with Gasteiger partial charge in [0.05, 0.1) is 24.7 Å². The molecule has 1 aliphatic carbocycles. The second kappa shape index (κ2) is 17.8. The Morgan fingerprint density at radius 3 is 2.50 bits per heavy atom. The number of amidine groups is 1. The number of nitrogens with zero attached hydrogens (tertiary/aromatic N) is 4. The monoisotopic (exact) mass is 603 g/mol. The van der Waals surface area contributed by atoms with Gasteiger partial charge in [0.25, 0.3) is 0 Å². The fourth-order valence-electron chi connectivity index (χ4n) is 5.45. The molecule has 2 aromatic heterocycles. The number of allylic oxidation sites excluding steroid dienone is 1. The van der Waals surface area contributed by atoms with E-state index in [1.165, 1.54) is 49.8 Å². The average molecular weight is 604 g/mol. The highest BCUT2D eigenvalue weighted by Gasteiger charge is 2.25. The molecule has 1 aromatic carbocycles. The van der Waals surface area contributed by atoms with E-state index in [0.717, 1.165) is 71.8 Å². The van der Waals surface area contributed by atoms with E-state index in [9.17, 15) is 0 Å². The molecule has 4 rings (SSSR count). The molecule has 1 saturated carbocycles. The van der Waals surface area contributed by atoms with Gasteiger partial charge in [-0.05, 0) is 82.6 Å². The van der Waals surface area contributed by atoms with Crippen molar-refractivity contribution in [3.63, 3.8) is 0 Å². The van der Waals surface area contributed by atoms with Gasteiger partial charge in [0.15, 0.2) is 0 Å². The normalized spacial score (nSPS) is 14.8. The molecule has 0 spiro atoms. The number of hydrogen-bond acceptors (Lipinski definition) is 4. The van der Waals surface area contributed by atoms with Gasteiger partial charge < -0.3 is 19.4 Å². The predicted molar refractivity (Wildman–Crippen MR) is 187 cm³/mol. The van der Waals surface area contributed by atoms with Gasteiger partial charge in [-0.15, -0.1) is 0 Å². The molecule has 1 aliphatic rings. The summed E-state index contributed by atoms with van der Waals surface area (Å²) in [5, 5.41) is 7.92. The van der Waals surface area contributed by atoms with Gasteiger partial charge in [0.2, 0.25) is 0 Å². The SMILES string of the molecule is CCC(C)=Cc1cc(-c2cnn(C)c2)n(C2CCCC2)c1/N=C(\C)Nc1ccc(C)cc1OC.CCCOCCC(C)CC. The Kier molecular flexibility index (Phi) is 14.3. The van der Waals surface area contributed by atoms with E-state index in [1.54, 1.807) is 7.11 Å². The second-order valence-corrected chi connectivity index (χ2v) is 12.3. The van der Waals surface area contributed by atoms with Gasteiger partial charge in [-0.25, -0.2) is 4.99 Å². The lowest BCUT2D eigenvalue weighted by molar-refractivity contribution is 0.122. The van der Waals surface area contributed by atoms with Crippen LogP contribution in [0.15, 0.2) is 47.2 Å². The Labute approximate surface area is 266 Å². The minimum Gasteiger partial charge on any atom is -0.495 e. The van der Waals surface area contributed by atoms with E-state index in [2.05, 4.69) is 80.9 Å². The number of aryl methyl sites for hydroxylation is 2. The first-order valence-electron chi connectivity index (χ1n) is 16.7. The highest BCUT2D eigenvalue weighted by atomic mass is 16.5. The highest BCUT2D eigenvalue weighted by molar-refractivity contribution is 5.97. The van der Waals surface area contributed by atoms with Gasteiger partial charge in [-0.2, -0.15) is 5.10 Å². The van der Waals surface area contributed by atoms with Crippen molar-refractivity contribution in [2.24, 2.45) is 18.0 Å². The third kappa shape index (κ3) is 10.1. The zero-order valence-electron chi connectivity index (χ0n) is 28.9. The maximum absolute atomic E-state index is 5.60. The fraction of sp³-hybridized carbons (Fsp3) is 0.568. The number of anilines is 1. The van der Waals surface area contributed by atoms with Crippen LogP contribution in [-0.4, -0.2) is 40.5 Å². The summed E-state index contributed by atoms with van der Waals surface area (Å²) < 4.78 is 15.3. The molecule has 1 N–H and O–H groups in total. The van der Waals surface area contributed by atoms with Gasteiger partial charge in [-0.1, -0.05) is 64.7 Å². The molecule has 1 atom stereocenters. The fourth-order valence-corrected chi connectivity index (χ4v) is 5.45. The molecular formula is C37H57N5O2. The van der Waals surface area contributed by atoms with E-state index in [4.69, 9.17) is 14.5 Å². The minimum absolute atomic E-state index is 0.444. The van der Waals surface area contributed by atoms with Crippen LogP contribution in [0.25, 0.3) is 17.3 Å². The number of ether oxygens (including phenoxy) is 2. The zero-order chi connectivity index (χ0) is 32.1. The van der Waals surface area contributed by atoms with Gasteiger partial charge >= 0.3 is 0 Å². The van der Waals surface area contributed by atoms with Crippen LogP contribution < -0.4 is 10.1 Å². The first-order chi connectivity index (χ1) is 21.2. The molecular weight excluding hydrogens is 546 g/mol. The molecule has 1 unspecified atom stereocenters. The maximum atomic E-state index is 5.60. The smallest absolute Gasteiger partial charge is 0.142 e. The summed E-state index contributed by atoms with van der Waals surface area (Å²) in [7, 11) is 3.67. The standard InChI is InChI=1S/C28H37N5O.C9H20O/c1-7-19(2)14-22-16-26(23-17-29-32(5)18-23)33(24-10-8-9-11-24)28(22)31-21(4)30-25-13-12-20(3)15-27(25)34-6;1-4-7-10-8-6-9(3)5-2/h12-18,24H,7-11H2,1-6H3,(H,30,31);9H,4-8H2,1-3H3. The molecule has 3 aromatic rings. The van der Waals surface area contributed by atoms with Crippen molar-refractivity contribution >= 4 is 23.4 Å². The third-order valence-corrected chi connectivity index (χ3v) is 8.43. The summed E-state index contributed by atoms with van der Waals surface area (Å²) in [6.45, 7) is 17.0. The molecule has 2 heterocycles. The lowest BCUT2D eigenvalue weighted by Crippen LogP contribution is -2.10. The molecule has 0 saturated heterocycles. The number of rotatable bonds is 13. The maximum Gasteiger partial charge on any atom is 0.142 e. The Bertz CT molecular complexity index is 1360. The predicted octanol–water partition coefficient (Wildman–Crippen LogP) is 10.1. The number of nitrogens with one attached hydrogen (secondary N) is 1.